The van der Waals surface area contributed by atoms with Crippen LogP contribution in [0.5, 0.6) is 0 Å². The van der Waals surface area contributed by atoms with Gasteiger partial charge in [0.15, 0.2) is 5.65 Å². The lowest BCUT2D eigenvalue weighted by Gasteiger charge is -2.38. The average molecular weight is 479 g/mol. The first kappa shape index (κ1) is 22.2. The van der Waals surface area contributed by atoms with E-state index in [1.807, 2.05) is 15.9 Å². The number of rotatable bonds is 4. The molecule has 6 rings (SSSR count). The van der Waals surface area contributed by atoms with Crippen LogP contribution in [0.2, 0.25) is 0 Å². The number of thiazole rings is 1. The van der Waals surface area contributed by atoms with Crippen LogP contribution in [0.3, 0.4) is 0 Å². The molecule has 8 heteroatoms. The summed E-state index contributed by atoms with van der Waals surface area (Å²) in [6.45, 7) is 13.1. The highest BCUT2D eigenvalue weighted by molar-refractivity contribution is 7.18. The molecule has 0 unspecified atom stereocenters. The second kappa shape index (κ2) is 8.73. The van der Waals surface area contributed by atoms with Crippen LogP contribution in [0.25, 0.3) is 27.3 Å². The van der Waals surface area contributed by atoms with Crippen molar-refractivity contribution in [2.75, 3.05) is 26.3 Å². The van der Waals surface area contributed by atoms with E-state index < -0.39 is 0 Å². The molecular weight excluding hydrogens is 444 g/mol. The minimum atomic E-state index is 0.375. The van der Waals surface area contributed by atoms with Gasteiger partial charge in [-0.05, 0) is 69.7 Å². The average Bonchev–Trinajstić information content (AvgIpc) is 3.56. The first-order valence-corrected chi connectivity index (χ1v) is 13.5. The summed E-state index contributed by atoms with van der Waals surface area (Å²) < 4.78 is 7.45. The number of aromatic nitrogens is 5. The first-order valence-electron chi connectivity index (χ1n) is 12.6. The molecule has 4 aromatic heterocycles. The van der Waals surface area contributed by atoms with Gasteiger partial charge in [0.2, 0.25) is 0 Å². The summed E-state index contributed by atoms with van der Waals surface area (Å²) in [5, 5.41) is 5.71. The molecule has 7 nitrogen and oxygen atoms in total. The highest BCUT2D eigenvalue weighted by atomic mass is 32.1. The molecule has 0 amide bonds. The molecule has 0 radical (unpaired) electrons. The number of nitrogens with zero attached hydrogens (tertiary/aromatic N) is 5. The van der Waals surface area contributed by atoms with Crippen molar-refractivity contribution >= 4 is 27.3 Å². The maximum absolute atomic E-state index is 5.56. The Bertz CT molecular complexity index is 1320. The monoisotopic (exact) mass is 478 g/mol. The Balaban J connectivity index is 1.31. The molecule has 0 aromatic carbocycles. The standard InChI is InChI=1S/C26H34N6OS/c1-15(2)21-22(20-13-32-24(27-14-28-32)17(4)16(20)3)29-26-23(21)30-25(34-26)18-5-9-31(10-6-18)19-7-11-33-12-8-19/h13-15,18-19,29H,5-12H2,1-4H3. The first-order chi connectivity index (χ1) is 16.5. The predicted octanol–water partition coefficient (Wildman–Crippen LogP) is 5.43. The molecule has 1 N–H and O–H groups in total. The molecule has 2 aliphatic rings. The van der Waals surface area contributed by atoms with Crippen molar-refractivity contribution in [2.24, 2.45) is 0 Å². The van der Waals surface area contributed by atoms with Crippen LogP contribution in [0.1, 0.15) is 73.1 Å². The van der Waals surface area contributed by atoms with Crippen LogP contribution in [0.4, 0.5) is 0 Å². The Morgan fingerprint density at radius 2 is 1.85 bits per heavy atom. The Kier molecular flexibility index (Phi) is 5.70. The summed E-state index contributed by atoms with van der Waals surface area (Å²) in [4.78, 5) is 17.4. The summed E-state index contributed by atoms with van der Waals surface area (Å²) in [5.74, 6) is 0.945. The van der Waals surface area contributed by atoms with Crippen LogP contribution in [0.15, 0.2) is 12.5 Å². The second-order valence-corrected chi connectivity index (χ2v) is 11.3. The lowest BCUT2D eigenvalue weighted by Crippen LogP contribution is -2.43. The van der Waals surface area contributed by atoms with Crippen molar-refractivity contribution in [1.29, 1.82) is 0 Å². The molecule has 2 aliphatic heterocycles. The van der Waals surface area contributed by atoms with Crippen LogP contribution < -0.4 is 0 Å². The summed E-state index contributed by atoms with van der Waals surface area (Å²) in [5.41, 5.74) is 8.20. The molecule has 0 atom stereocenters. The topological polar surface area (TPSA) is 71.3 Å². The Hall–Kier alpha value is -2.29. The van der Waals surface area contributed by atoms with Gasteiger partial charge < -0.3 is 14.6 Å². The van der Waals surface area contributed by atoms with E-state index in [0.29, 0.717) is 17.9 Å². The fourth-order valence-electron chi connectivity index (χ4n) is 5.87. The number of piperidine rings is 1. The van der Waals surface area contributed by atoms with E-state index in [0.717, 1.165) is 24.4 Å². The lowest BCUT2D eigenvalue weighted by atomic mass is 9.94. The van der Waals surface area contributed by atoms with Gasteiger partial charge in [-0.2, -0.15) is 5.10 Å². The number of H-pyrrole nitrogens is 1. The fraction of sp³-hybridized carbons (Fsp3) is 0.577. The fourth-order valence-corrected chi connectivity index (χ4v) is 7.02. The van der Waals surface area contributed by atoms with Gasteiger partial charge in [0, 0.05) is 42.5 Å². The summed E-state index contributed by atoms with van der Waals surface area (Å²) in [6, 6.07) is 0.713. The van der Waals surface area contributed by atoms with E-state index in [2.05, 4.69) is 53.9 Å². The third kappa shape index (κ3) is 3.67. The minimum absolute atomic E-state index is 0.375. The van der Waals surface area contributed by atoms with Crippen molar-refractivity contribution < 1.29 is 4.74 Å². The van der Waals surface area contributed by atoms with E-state index in [1.165, 1.54) is 76.6 Å². The lowest BCUT2D eigenvalue weighted by molar-refractivity contribution is 0.0252. The summed E-state index contributed by atoms with van der Waals surface area (Å²) in [6.07, 6.45) is 8.52. The van der Waals surface area contributed by atoms with Gasteiger partial charge in [-0.25, -0.2) is 14.5 Å². The van der Waals surface area contributed by atoms with Gasteiger partial charge in [-0.3, -0.25) is 0 Å². The molecule has 6 heterocycles. The third-order valence-electron chi connectivity index (χ3n) is 7.97. The molecule has 2 saturated heterocycles. The highest BCUT2D eigenvalue weighted by Gasteiger charge is 2.30. The molecule has 0 bridgehead atoms. The number of hydrogen-bond donors (Lipinski definition) is 1. The second-order valence-electron chi connectivity index (χ2n) is 10.3. The molecule has 0 aliphatic carbocycles. The number of likely N-dealkylation sites (tertiary alicyclic amines) is 1. The Labute approximate surface area is 204 Å². The zero-order valence-electron chi connectivity index (χ0n) is 20.6. The highest BCUT2D eigenvalue weighted by Crippen LogP contribution is 2.42. The van der Waals surface area contributed by atoms with Crippen LogP contribution in [-0.4, -0.2) is 61.8 Å². The van der Waals surface area contributed by atoms with Crippen LogP contribution in [-0.2, 0) is 4.74 Å². The molecule has 0 saturated carbocycles. The quantitative estimate of drug-likeness (QED) is 0.423. The van der Waals surface area contributed by atoms with Gasteiger partial charge >= 0.3 is 0 Å². The zero-order valence-corrected chi connectivity index (χ0v) is 21.4. The van der Waals surface area contributed by atoms with Crippen molar-refractivity contribution in [3.05, 3.63) is 34.2 Å². The molecule has 2 fully saturated rings. The van der Waals surface area contributed by atoms with E-state index in [9.17, 15) is 0 Å². The third-order valence-corrected chi connectivity index (χ3v) is 9.10. The van der Waals surface area contributed by atoms with Gasteiger partial charge in [0.25, 0.3) is 0 Å². The summed E-state index contributed by atoms with van der Waals surface area (Å²) >= 11 is 1.86. The van der Waals surface area contributed by atoms with Crippen molar-refractivity contribution in [1.82, 2.24) is 29.5 Å². The number of aromatic amines is 1. The number of hydrogen-bond acceptors (Lipinski definition) is 6. The Morgan fingerprint density at radius 3 is 2.59 bits per heavy atom. The SMILES string of the molecule is Cc1c(-c2[nH]c3sc(C4CCN(C5CCOCC5)CC4)nc3c2C(C)C)cn2ncnc2c1C. The van der Waals surface area contributed by atoms with Crippen molar-refractivity contribution in [3.63, 3.8) is 0 Å². The van der Waals surface area contributed by atoms with Gasteiger partial charge in [0.05, 0.1) is 10.7 Å². The van der Waals surface area contributed by atoms with Crippen molar-refractivity contribution in [3.8, 4) is 11.3 Å². The minimum Gasteiger partial charge on any atom is -0.381 e. The number of ether oxygens (including phenoxy) is 1. The van der Waals surface area contributed by atoms with Gasteiger partial charge in [0.1, 0.15) is 16.7 Å². The van der Waals surface area contributed by atoms with Crippen LogP contribution >= 0.6 is 11.3 Å². The van der Waals surface area contributed by atoms with E-state index in [-0.39, 0.29) is 0 Å². The zero-order chi connectivity index (χ0) is 23.4. The molecule has 34 heavy (non-hydrogen) atoms. The number of aryl methyl sites for hydroxylation is 1. The van der Waals surface area contributed by atoms with E-state index in [1.54, 1.807) is 6.33 Å². The maximum Gasteiger partial charge on any atom is 0.158 e. The summed E-state index contributed by atoms with van der Waals surface area (Å²) in [7, 11) is 0. The number of pyridine rings is 1. The smallest absolute Gasteiger partial charge is 0.158 e. The van der Waals surface area contributed by atoms with E-state index in [4.69, 9.17) is 9.72 Å². The molecule has 180 valence electrons. The van der Waals surface area contributed by atoms with Gasteiger partial charge in [-0.15, -0.1) is 11.3 Å². The maximum atomic E-state index is 5.56. The predicted molar refractivity (Wildman–Crippen MR) is 137 cm³/mol. The Morgan fingerprint density at radius 1 is 1.09 bits per heavy atom. The van der Waals surface area contributed by atoms with Crippen LogP contribution in [0, 0.1) is 13.8 Å². The normalized spacial score (nSPS) is 19.2. The molecule has 4 aromatic rings. The molecular formula is C26H34N6OS. The number of nitrogens with one attached hydrogen (secondary N) is 1. The van der Waals surface area contributed by atoms with Gasteiger partial charge in [-0.1, -0.05) is 13.8 Å². The molecule has 0 spiro atoms. The van der Waals surface area contributed by atoms with E-state index >= 15 is 0 Å². The van der Waals surface area contributed by atoms with Crippen molar-refractivity contribution in [2.45, 2.75) is 71.3 Å². The largest absolute Gasteiger partial charge is 0.381 e. The number of fused-ring (bicyclic) bond motifs is 2.